The van der Waals surface area contributed by atoms with Crippen LogP contribution in [-0.2, 0) is 0 Å². The Morgan fingerprint density at radius 1 is 0.600 bits per heavy atom. The van der Waals surface area contributed by atoms with E-state index in [1.54, 1.807) is 0 Å². The van der Waals surface area contributed by atoms with Gasteiger partial charge >= 0.3 is 211 Å². The summed E-state index contributed by atoms with van der Waals surface area (Å²) in [4.78, 5) is 9.59. The van der Waals surface area contributed by atoms with Gasteiger partial charge in [-0.1, -0.05) is 0 Å². The summed E-state index contributed by atoms with van der Waals surface area (Å²) in [6.45, 7) is 0. The van der Waals surface area contributed by atoms with Gasteiger partial charge in [0.25, 0.3) is 0 Å². The van der Waals surface area contributed by atoms with E-state index in [0.29, 0.717) is 0 Å². The van der Waals surface area contributed by atoms with E-state index < -0.39 is 5.51 Å². The molecule has 7 aromatic rings. The molecule has 5 heteroatoms. The maximum absolute atomic E-state index is 5.11. The molecule has 0 aliphatic carbocycles. The van der Waals surface area contributed by atoms with Crippen LogP contribution in [0.25, 0.3) is 38.4 Å². The quantitative estimate of drug-likeness (QED) is 0.169. The number of rotatable bonds is 3. The van der Waals surface area contributed by atoms with Crippen LogP contribution in [0.4, 0.5) is 0 Å². The van der Waals surface area contributed by atoms with E-state index in [9.17, 15) is 0 Å². The number of para-hydroxylation sites is 3. The van der Waals surface area contributed by atoms with Crippen molar-refractivity contribution in [3.63, 3.8) is 0 Å². The van der Waals surface area contributed by atoms with Crippen LogP contribution in [0.3, 0.4) is 0 Å². The fraction of sp³-hybridized carbons (Fsp3) is 0. The molecule has 4 aromatic carbocycles. The van der Waals surface area contributed by atoms with Crippen molar-refractivity contribution in [2.24, 2.45) is 0 Å². The number of benzene rings is 4. The van der Waals surface area contributed by atoms with Crippen LogP contribution in [0.15, 0.2) is 122 Å². The Bertz CT molecular complexity index is 1880. The number of hydrogen-bond acceptors (Lipinski definition) is 2. The molecule has 0 spiro atoms. The summed E-state index contributed by atoms with van der Waals surface area (Å²) in [7, 11) is 0. The van der Waals surface area contributed by atoms with Gasteiger partial charge in [-0.3, -0.25) is 0 Å². The van der Waals surface area contributed by atoms with Gasteiger partial charge in [0.05, 0.1) is 0 Å². The van der Waals surface area contributed by atoms with Crippen LogP contribution in [0, 0.1) is 0 Å². The molecular formula is C30H20N3PSe. The molecule has 7 rings (SSSR count). The van der Waals surface area contributed by atoms with Crippen LogP contribution in [-0.4, -0.2) is 29.5 Å². The van der Waals surface area contributed by atoms with Crippen molar-refractivity contribution in [3.8, 4) is 0 Å². The normalized spacial score (nSPS) is 13.5. The SMILES string of the molecule is [Se]=P(c1ccccc1)(c1cccnc1)c1ccc2c3ccccc3n3c4ccccc4nc3c2c1. The zero-order valence-electron chi connectivity index (χ0n) is 18.7. The fourth-order valence-corrected chi connectivity index (χ4v) is 9.89. The molecule has 35 heavy (non-hydrogen) atoms. The molecule has 0 radical (unpaired) electrons. The molecule has 0 N–H and O–H groups in total. The standard InChI is InChI=1S/C30H20N3PSe/c35-34(21-9-2-1-3-10-21,23-11-8-18-31-20-23)22-16-17-24-25-12-4-6-14-28(25)33-29-15-7-5-13-27(29)32-30(33)26(24)19-22/h1-20H. The molecule has 3 aromatic heterocycles. The van der Waals surface area contributed by atoms with Crippen LogP contribution in [0.1, 0.15) is 0 Å². The monoisotopic (exact) mass is 533 g/mol. The number of hydrogen-bond donors (Lipinski definition) is 0. The Morgan fingerprint density at radius 2 is 1.34 bits per heavy atom. The molecule has 166 valence electrons. The summed E-state index contributed by atoms with van der Waals surface area (Å²) in [5, 5.41) is 7.39. The first-order chi connectivity index (χ1) is 17.2. The van der Waals surface area contributed by atoms with Gasteiger partial charge in [0.2, 0.25) is 0 Å². The average Bonchev–Trinajstić information content (AvgIpc) is 3.34. The fourth-order valence-electron chi connectivity index (χ4n) is 5.12. The van der Waals surface area contributed by atoms with E-state index >= 15 is 0 Å². The van der Waals surface area contributed by atoms with Crippen LogP contribution < -0.4 is 15.9 Å². The zero-order valence-corrected chi connectivity index (χ0v) is 21.4. The Labute approximate surface area is 210 Å². The Morgan fingerprint density at radius 3 is 2.17 bits per heavy atom. The number of aromatic nitrogens is 3. The van der Waals surface area contributed by atoms with E-state index in [1.165, 1.54) is 32.2 Å². The number of pyridine rings is 2. The topological polar surface area (TPSA) is 30.2 Å². The molecule has 1 unspecified atom stereocenters. The molecule has 0 bridgehead atoms. The van der Waals surface area contributed by atoms with Gasteiger partial charge in [0.15, 0.2) is 0 Å². The third kappa shape index (κ3) is 3.08. The van der Waals surface area contributed by atoms with Crippen LogP contribution >= 0.6 is 5.51 Å². The second kappa shape index (κ2) is 8.00. The Kier molecular flexibility index (Phi) is 4.75. The second-order valence-electron chi connectivity index (χ2n) is 8.66. The summed E-state index contributed by atoms with van der Waals surface area (Å²) < 4.78 is 2.31. The van der Waals surface area contributed by atoms with Gasteiger partial charge in [-0.2, -0.15) is 0 Å². The second-order valence-corrected chi connectivity index (χ2v) is 14.9. The molecule has 0 saturated heterocycles. The molecule has 0 fully saturated rings. The molecule has 3 nitrogen and oxygen atoms in total. The van der Waals surface area contributed by atoms with Gasteiger partial charge in [0.1, 0.15) is 0 Å². The Balaban J connectivity index is 1.63. The maximum atomic E-state index is 5.11. The van der Waals surface area contributed by atoms with Crippen LogP contribution in [0.5, 0.6) is 0 Å². The Hall–Kier alpha value is -3.55. The van der Waals surface area contributed by atoms with E-state index in [2.05, 4.69) is 128 Å². The summed E-state index contributed by atoms with van der Waals surface area (Å²) in [6, 6.07) is 38.9. The number of fused-ring (bicyclic) bond motifs is 8. The first kappa shape index (κ1) is 20.8. The van der Waals surface area contributed by atoms with Crippen molar-refractivity contribution in [3.05, 3.63) is 122 Å². The van der Waals surface area contributed by atoms with Crippen molar-refractivity contribution >= 4 is 74.9 Å². The minimum atomic E-state index is -2.03. The average molecular weight is 532 g/mol. The van der Waals surface area contributed by atoms with Gasteiger partial charge in [-0.15, -0.1) is 0 Å². The van der Waals surface area contributed by atoms with Crippen molar-refractivity contribution in [2.75, 3.05) is 0 Å². The molecular weight excluding hydrogens is 512 g/mol. The summed E-state index contributed by atoms with van der Waals surface area (Å²) in [5.41, 5.74) is 2.28. The molecule has 1 atom stereocenters. The zero-order chi connectivity index (χ0) is 23.4. The van der Waals surface area contributed by atoms with E-state index in [4.69, 9.17) is 4.98 Å². The minimum absolute atomic E-state index is 0.993. The summed E-state index contributed by atoms with van der Waals surface area (Å²) in [5.74, 6) is 0. The third-order valence-electron chi connectivity index (χ3n) is 6.73. The number of nitrogens with zero attached hydrogens (tertiary/aromatic N) is 3. The van der Waals surface area contributed by atoms with Crippen molar-refractivity contribution < 1.29 is 0 Å². The van der Waals surface area contributed by atoms with Gasteiger partial charge < -0.3 is 0 Å². The predicted molar refractivity (Wildman–Crippen MR) is 150 cm³/mol. The van der Waals surface area contributed by atoms with Gasteiger partial charge in [0, 0.05) is 0 Å². The van der Waals surface area contributed by atoms with Crippen molar-refractivity contribution in [2.45, 2.75) is 0 Å². The predicted octanol–water partition coefficient (Wildman–Crippen LogP) is 5.57. The molecule has 3 heterocycles. The first-order valence-electron chi connectivity index (χ1n) is 11.5. The van der Waals surface area contributed by atoms with Crippen molar-refractivity contribution in [1.29, 1.82) is 0 Å². The van der Waals surface area contributed by atoms with Gasteiger partial charge in [-0.25, -0.2) is 0 Å². The van der Waals surface area contributed by atoms with Crippen LogP contribution in [0.2, 0.25) is 0 Å². The third-order valence-corrected chi connectivity index (χ3v) is 13.7. The summed E-state index contributed by atoms with van der Waals surface area (Å²) >= 11 is 3.66. The molecule has 0 aliphatic rings. The molecule has 0 amide bonds. The molecule has 0 saturated carbocycles. The van der Waals surface area contributed by atoms with E-state index in [1.807, 2.05) is 18.5 Å². The first-order valence-corrected chi connectivity index (χ1v) is 15.5. The number of imidazole rings is 1. The molecule has 0 aliphatic heterocycles. The van der Waals surface area contributed by atoms with E-state index in [0.717, 1.165) is 22.1 Å². The van der Waals surface area contributed by atoms with Gasteiger partial charge in [-0.05, 0) is 0 Å². The van der Waals surface area contributed by atoms with Crippen molar-refractivity contribution in [1.82, 2.24) is 14.4 Å². The van der Waals surface area contributed by atoms with E-state index in [-0.39, 0.29) is 0 Å². The summed E-state index contributed by atoms with van der Waals surface area (Å²) in [6.07, 6.45) is 3.84.